The zero-order valence-electron chi connectivity index (χ0n) is 15.5. The van der Waals surface area contributed by atoms with Crippen LogP contribution in [0.5, 0.6) is 0 Å². The Morgan fingerprint density at radius 3 is 2.30 bits per heavy atom. The summed E-state index contributed by atoms with van der Waals surface area (Å²) in [6.45, 7) is 3.93. The van der Waals surface area contributed by atoms with Gasteiger partial charge in [0.2, 0.25) is 15.9 Å². The molecule has 2 aromatic carbocycles. The van der Waals surface area contributed by atoms with Crippen molar-refractivity contribution >= 4 is 33.4 Å². The van der Waals surface area contributed by atoms with Crippen LogP contribution >= 0.6 is 11.8 Å². The van der Waals surface area contributed by atoms with Gasteiger partial charge in [0.1, 0.15) is 11.9 Å². The lowest BCUT2D eigenvalue weighted by Gasteiger charge is -2.28. The molecular formula is C19H23FN2O3S2. The minimum absolute atomic E-state index is 0.246. The maximum Gasteiger partial charge on any atom is 0.243 e. The van der Waals surface area contributed by atoms with Gasteiger partial charge in [0.25, 0.3) is 0 Å². The third-order valence-electron chi connectivity index (χ3n) is 3.86. The highest BCUT2D eigenvalue weighted by Crippen LogP contribution is 2.21. The van der Waals surface area contributed by atoms with Gasteiger partial charge in [-0.1, -0.05) is 17.7 Å². The minimum Gasteiger partial charge on any atom is -0.353 e. The first kappa shape index (κ1) is 21.2. The molecule has 146 valence electrons. The topological polar surface area (TPSA) is 66.5 Å². The van der Waals surface area contributed by atoms with Crippen LogP contribution in [0.15, 0.2) is 53.4 Å². The SMILES string of the molecule is Cc1ccc(SCCNC(=O)[C@@H](C)N(c2ccc(F)cc2)S(C)(=O)=O)cc1. The predicted molar refractivity (Wildman–Crippen MR) is 108 cm³/mol. The van der Waals surface area contributed by atoms with Crippen LogP contribution in [0, 0.1) is 12.7 Å². The summed E-state index contributed by atoms with van der Waals surface area (Å²) in [7, 11) is -3.71. The van der Waals surface area contributed by atoms with Crippen molar-refractivity contribution in [1.82, 2.24) is 5.32 Å². The monoisotopic (exact) mass is 410 g/mol. The summed E-state index contributed by atoms with van der Waals surface area (Å²) in [5, 5.41) is 2.76. The van der Waals surface area contributed by atoms with Crippen molar-refractivity contribution in [3.63, 3.8) is 0 Å². The minimum atomic E-state index is -3.71. The fraction of sp³-hybridized carbons (Fsp3) is 0.316. The van der Waals surface area contributed by atoms with Gasteiger partial charge >= 0.3 is 0 Å². The molecule has 0 aliphatic rings. The molecule has 1 N–H and O–H groups in total. The summed E-state index contributed by atoms with van der Waals surface area (Å²) >= 11 is 1.61. The second-order valence-corrected chi connectivity index (χ2v) is 9.19. The molecule has 2 rings (SSSR count). The van der Waals surface area contributed by atoms with Crippen LogP contribution in [0.4, 0.5) is 10.1 Å². The molecule has 0 spiro atoms. The van der Waals surface area contributed by atoms with Crippen LogP contribution in [0.3, 0.4) is 0 Å². The summed E-state index contributed by atoms with van der Waals surface area (Å²) in [4.78, 5) is 13.5. The van der Waals surface area contributed by atoms with Gasteiger partial charge in [-0.25, -0.2) is 12.8 Å². The highest BCUT2D eigenvalue weighted by molar-refractivity contribution is 7.99. The Bertz CT molecular complexity index is 869. The van der Waals surface area contributed by atoms with Gasteiger partial charge in [-0.3, -0.25) is 9.10 Å². The van der Waals surface area contributed by atoms with Crippen LogP contribution in [0.2, 0.25) is 0 Å². The lowest BCUT2D eigenvalue weighted by atomic mass is 10.2. The van der Waals surface area contributed by atoms with Gasteiger partial charge < -0.3 is 5.32 Å². The van der Waals surface area contributed by atoms with Crippen molar-refractivity contribution in [2.45, 2.75) is 24.8 Å². The van der Waals surface area contributed by atoms with E-state index in [1.807, 2.05) is 31.2 Å². The summed E-state index contributed by atoms with van der Waals surface area (Å²) in [6, 6.07) is 12.1. The molecule has 0 saturated heterocycles. The van der Waals surface area contributed by atoms with Crippen molar-refractivity contribution in [3.05, 3.63) is 59.9 Å². The van der Waals surface area contributed by atoms with E-state index in [0.717, 1.165) is 27.6 Å². The summed E-state index contributed by atoms with van der Waals surface area (Å²) < 4.78 is 38.4. The van der Waals surface area contributed by atoms with E-state index in [1.54, 1.807) is 11.8 Å². The highest BCUT2D eigenvalue weighted by atomic mass is 32.2. The van der Waals surface area contributed by atoms with Gasteiger partial charge in [-0.15, -0.1) is 11.8 Å². The van der Waals surface area contributed by atoms with Crippen LogP contribution in [-0.2, 0) is 14.8 Å². The molecule has 27 heavy (non-hydrogen) atoms. The molecule has 0 heterocycles. The van der Waals surface area contributed by atoms with Gasteiger partial charge in [-0.2, -0.15) is 0 Å². The predicted octanol–water partition coefficient (Wildman–Crippen LogP) is 3.20. The fourth-order valence-corrected chi connectivity index (χ4v) is 4.47. The molecule has 0 aliphatic carbocycles. The Kier molecular flexibility index (Phi) is 7.26. The molecule has 0 bridgehead atoms. The van der Waals surface area contributed by atoms with E-state index in [0.29, 0.717) is 12.3 Å². The molecule has 1 atom stereocenters. The number of amides is 1. The smallest absolute Gasteiger partial charge is 0.243 e. The second kappa shape index (κ2) is 9.23. The van der Waals surface area contributed by atoms with E-state index in [1.165, 1.54) is 24.6 Å². The van der Waals surface area contributed by atoms with Crippen LogP contribution in [-0.4, -0.2) is 38.9 Å². The summed E-state index contributed by atoms with van der Waals surface area (Å²) in [5.41, 5.74) is 1.43. The van der Waals surface area contributed by atoms with Gasteiger partial charge in [-0.05, 0) is 50.2 Å². The molecule has 0 saturated carbocycles. The number of anilines is 1. The third kappa shape index (κ3) is 6.25. The molecule has 8 heteroatoms. The van der Waals surface area contributed by atoms with Crippen molar-refractivity contribution in [2.24, 2.45) is 0 Å². The van der Waals surface area contributed by atoms with Gasteiger partial charge in [0.15, 0.2) is 0 Å². The molecule has 0 aromatic heterocycles. The Hall–Kier alpha value is -2.06. The second-order valence-electron chi connectivity index (χ2n) is 6.16. The molecular weight excluding hydrogens is 387 g/mol. The molecule has 2 aromatic rings. The number of halogens is 1. The number of sulfonamides is 1. The molecule has 5 nitrogen and oxygen atoms in total. The van der Waals surface area contributed by atoms with E-state index in [4.69, 9.17) is 0 Å². The lowest BCUT2D eigenvalue weighted by molar-refractivity contribution is -0.121. The molecule has 1 amide bonds. The number of hydrogen-bond acceptors (Lipinski definition) is 4. The van der Waals surface area contributed by atoms with E-state index < -0.39 is 27.8 Å². The number of carbonyl (C=O) groups excluding carboxylic acids is 1. The average molecular weight is 411 g/mol. The van der Waals surface area contributed by atoms with Crippen LogP contribution < -0.4 is 9.62 Å². The Balaban J connectivity index is 1.96. The van der Waals surface area contributed by atoms with Crippen LogP contribution in [0.1, 0.15) is 12.5 Å². The fourth-order valence-electron chi connectivity index (χ4n) is 2.52. The first-order chi connectivity index (χ1) is 12.7. The molecule has 0 aliphatic heterocycles. The number of carbonyl (C=O) groups is 1. The zero-order chi connectivity index (χ0) is 20.0. The standard InChI is InChI=1S/C19H23FN2O3S2/c1-14-4-10-18(11-5-14)26-13-12-21-19(23)15(2)22(27(3,24)25)17-8-6-16(20)7-9-17/h4-11,15H,12-13H2,1-3H3,(H,21,23)/t15-/m1/s1. The highest BCUT2D eigenvalue weighted by Gasteiger charge is 2.28. The number of rotatable bonds is 8. The van der Waals surface area contributed by atoms with Gasteiger partial charge in [0, 0.05) is 17.2 Å². The number of aryl methyl sites for hydroxylation is 1. The summed E-state index contributed by atoms with van der Waals surface area (Å²) in [6.07, 6.45) is 1.02. The van der Waals surface area contributed by atoms with Crippen molar-refractivity contribution < 1.29 is 17.6 Å². The Morgan fingerprint density at radius 1 is 1.15 bits per heavy atom. The Labute approximate surface area is 164 Å². The van der Waals surface area contributed by atoms with Crippen molar-refractivity contribution in [2.75, 3.05) is 22.9 Å². The normalized spacial score (nSPS) is 12.4. The van der Waals surface area contributed by atoms with Crippen molar-refractivity contribution in [3.8, 4) is 0 Å². The largest absolute Gasteiger partial charge is 0.353 e. The maximum absolute atomic E-state index is 13.1. The number of nitrogens with one attached hydrogen (secondary N) is 1. The van der Waals surface area contributed by atoms with E-state index in [-0.39, 0.29) is 5.69 Å². The first-order valence-electron chi connectivity index (χ1n) is 8.40. The van der Waals surface area contributed by atoms with Gasteiger partial charge in [0.05, 0.1) is 11.9 Å². The van der Waals surface area contributed by atoms with E-state index in [9.17, 15) is 17.6 Å². The van der Waals surface area contributed by atoms with Crippen LogP contribution in [0.25, 0.3) is 0 Å². The number of nitrogens with zero attached hydrogens (tertiary/aromatic N) is 1. The number of thioether (sulfide) groups is 1. The lowest BCUT2D eigenvalue weighted by Crippen LogP contribution is -2.48. The Morgan fingerprint density at radius 2 is 1.74 bits per heavy atom. The maximum atomic E-state index is 13.1. The summed E-state index contributed by atoms with van der Waals surface area (Å²) in [5.74, 6) is -0.219. The number of benzene rings is 2. The zero-order valence-corrected chi connectivity index (χ0v) is 17.1. The average Bonchev–Trinajstić information content (AvgIpc) is 2.60. The van der Waals surface area contributed by atoms with Crippen molar-refractivity contribution in [1.29, 1.82) is 0 Å². The quantitative estimate of drug-likeness (QED) is 0.536. The first-order valence-corrected chi connectivity index (χ1v) is 11.2. The number of hydrogen-bond donors (Lipinski definition) is 1. The molecule has 0 fully saturated rings. The van der Waals surface area contributed by atoms with E-state index in [2.05, 4.69) is 5.32 Å². The third-order valence-corrected chi connectivity index (χ3v) is 6.12. The van der Waals surface area contributed by atoms with E-state index >= 15 is 0 Å². The molecule has 0 radical (unpaired) electrons. The molecule has 0 unspecified atom stereocenters.